The molecule has 1 fully saturated rings. The highest BCUT2D eigenvalue weighted by molar-refractivity contribution is 5.74. The molecule has 1 saturated carbocycles. The zero-order chi connectivity index (χ0) is 24.2. The number of benzene rings is 2. The van der Waals surface area contributed by atoms with Gasteiger partial charge in [-0.3, -0.25) is 0 Å². The van der Waals surface area contributed by atoms with Crippen molar-refractivity contribution in [1.29, 1.82) is 0 Å². The van der Waals surface area contributed by atoms with E-state index in [1.165, 1.54) is 25.7 Å². The van der Waals surface area contributed by atoms with Gasteiger partial charge in [-0.2, -0.15) is 0 Å². The standard InChI is InChI=1S/C27H36N2O5/c1-2-33-25(26(30)31)18-21-12-14-24(15-13-21)34-17-16-29(20-23-10-6-7-11-23)27(32)28-19-22-8-4-3-5-9-22/h3-5,8-9,12-15,23,25H,2,6-7,10-11,16-20H2,1H3,(H,28,32)(H,30,31). The molecule has 3 rings (SSSR count). The van der Waals surface area contributed by atoms with Gasteiger partial charge in [0, 0.05) is 26.1 Å². The molecule has 2 aromatic carbocycles. The summed E-state index contributed by atoms with van der Waals surface area (Å²) in [4.78, 5) is 26.1. The van der Waals surface area contributed by atoms with Crippen LogP contribution in [0.1, 0.15) is 43.7 Å². The van der Waals surface area contributed by atoms with Crippen LogP contribution in [0.15, 0.2) is 54.6 Å². The van der Waals surface area contributed by atoms with Crippen LogP contribution in [-0.4, -0.2) is 54.4 Å². The monoisotopic (exact) mass is 468 g/mol. The number of hydrogen-bond acceptors (Lipinski definition) is 4. The normalized spacial score (nSPS) is 14.5. The highest BCUT2D eigenvalue weighted by atomic mass is 16.5. The van der Waals surface area contributed by atoms with Crippen LogP contribution >= 0.6 is 0 Å². The van der Waals surface area contributed by atoms with E-state index in [0.717, 1.165) is 17.7 Å². The Kier molecular flexibility index (Phi) is 10.2. The quantitative estimate of drug-likeness (QED) is 0.452. The van der Waals surface area contributed by atoms with E-state index in [9.17, 15) is 14.7 Å². The van der Waals surface area contributed by atoms with E-state index in [1.54, 1.807) is 6.92 Å². The first kappa shape index (κ1) is 25.6. The van der Waals surface area contributed by atoms with E-state index in [-0.39, 0.29) is 6.03 Å². The molecule has 0 heterocycles. The van der Waals surface area contributed by atoms with Crippen molar-refractivity contribution in [2.75, 3.05) is 26.3 Å². The lowest BCUT2D eigenvalue weighted by Crippen LogP contribution is -2.44. The molecule has 2 amide bonds. The van der Waals surface area contributed by atoms with Crippen molar-refractivity contribution >= 4 is 12.0 Å². The summed E-state index contributed by atoms with van der Waals surface area (Å²) in [6, 6.07) is 17.2. The van der Waals surface area contributed by atoms with Crippen molar-refractivity contribution in [2.24, 2.45) is 5.92 Å². The van der Waals surface area contributed by atoms with Gasteiger partial charge < -0.3 is 24.8 Å². The van der Waals surface area contributed by atoms with Crippen molar-refractivity contribution in [3.8, 4) is 5.75 Å². The highest BCUT2D eigenvalue weighted by Gasteiger charge is 2.22. The molecular weight excluding hydrogens is 432 g/mol. The van der Waals surface area contributed by atoms with E-state index in [1.807, 2.05) is 59.5 Å². The second kappa shape index (κ2) is 13.6. The van der Waals surface area contributed by atoms with Gasteiger partial charge in [0.15, 0.2) is 6.10 Å². The summed E-state index contributed by atoms with van der Waals surface area (Å²) in [6.45, 7) is 4.28. The summed E-state index contributed by atoms with van der Waals surface area (Å²) in [5.41, 5.74) is 1.94. The maximum Gasteiger partial charge on any atom is 0.333 e. The predicted octanol–water partition coefficient (Wildman–Crippen LogP) is 4.50. The zero-order valence-corrected chi connectivity index (χ0v) is 19.9. The van der Waals surface area contributed by atoms with Crippen LogP contribution in [0, 0.1) is 5.92 Å². The van der Waals surface area contributed by atoms with Gasteiger partial charge in [-0.05, 0) is 48.9 Å². The lowest BCUT2D eigenvalue weighted by molar-refractivity contribution is -0.149. The number of urea groups is 1. The zero-order valence-electron chi connectivity index (χ0n) is 19.9. The Hall–Kier alpha value is -3.06. The number of nitrogens with one attached hydrogen (secondary N) is 1. The molecule has 0 spiro atoms. The Morgan fingerprint density at radius 2 is 1.76 bits per heavy atom. The summed E-state index contributed by atoms with van der Waals surface area (Å²) in [6.07, 6.45) is 4.27. The number of nitrogens with zero attached hydrogens (tertiary/aromatic N) is 1. The number of ether oxygens (including phenoxy) is 2. The number of aliphatic carboxylic acids is 1. The molecule has 184 valence electrons. The molecule has 0 aromatic heterocycles. The SMILES string of the molecule is CCOC(Cc1ccc(OCCN(CC2CCCC2)C(=O)NCc2ccccc2)cc1)C(=O)O. The van der Waals surface area contributed by atoms with E-state index in [0.29, 0.717) is 44.4 Å². The average Bonchev–Trinajstić information content (AvgIpc) is 3.36. The highest BCUT2D eigenvalue weighted by Crippen LogP contribution is 2.25. The third kappa shape index (κ3) is 8.37. The van der Waals surface area contributed by atoms with Gasteiger partial charge in [0.2, 0.25) is 0 Å². The molecule has 2 N–H and O–H groups in total. The molecule has 1 aliphatic rings. The third-order valence-electron chi connectivity index (χ3n) is 6.14. The Labute approximate surface area is 202 Å². The van der Waals surface area contributed by atoms with Gasteiger partial charge >= 0.3 is 12.0 Å². The molecule has 0 radical (unpaired) electrons. The number of carboxylic acid groups (broad SMARTS) is 1. The fourth-order valence-electron chi connectivity index (χ4n) is 4.29. The Bertz CT molecular complexity index is 882. The summed E-state index contributed by atoms with van der Waals surface area (Å²) >= 11 is 0. The van der Waals surface area contributed by atoms with Crippen molar-refractivity contribution in [3.63, 3.8) is 0 Å². The number of hydrogen-bond donors (Lipinski definition) is 2. The molecule has 7 nitrogen and oxygen atoms in total. The maximum absolute atomic E-state index is 12.9. The number of carboxylic acids is 1. The van der Waals surface area contributed by atoms with E-state index < -0.39 is 12.1 Å². The first-order chi connectivity index (χ1) is 16.5. The molecule has 1 aliphatic carbocycles. The van der Waals surface area contributed by atoms with Gasteiger partial charge in [0.05, 0.1) is 6.54 Å². The van der Waals surface area contributed by atoms with Crippen molar-refractivity contribution in [2.45, 2.75) is 51.7 Å². The van der Waals surface area contributed by atoms with Crippen LogP contribution in [0.3, 0.4) is 0 Å². The van der Waals surface area contributed by atoms with Crippen LogP contribution < -0.4 is 10.1 Å². The Morgan fingerprint density at radius 3 is 2.41 bits per heavy atom. The van der Waals surface area contributed by atoms with Gasteiger partial charge in [-0.15, -0.1) is 0 Å². The lowest BCUT2D eigenvalue weighted by Gasteiger charge is -2.26. The van der Waals surface area contributed by atoms with E-state index in [2.05, 4.69) is 5.32 Å². The fraction of sp³-hybridized carbons (Fsp3) is 0.481. The van der Waals surface area contributed by atoms with Crippen LogP contribution in [0.5, 0.6) is 5.75 Å². The minimum Gasteiger partial charge on any atom is -0.492 e. The third-order valence-corrected chi connectivity index (χ3v) is 6.14. The fourth-order valence-corrected chi connectivity index (χ4v) is 4.29. The number of amides is 2. The smallest absolute Gasteiger partial charge is 0.333 e. The van der Waals surface area contributed by atoms with E-state index >= 15 is 0 Å². The second-order valence-electron chi connectivity index (χ2n) is 8.72. The number of carbonyl (C=O) groups is 2. The van der Waals surface area contributed by atoms with Crippen LogP contribution in [-0.2, 0) is 22.5 Å². The predicted molar refractivity (Wildman–Crippen MR) is 131 cm³/mol. The van der Waals surface area contributed by atoms with Crippen molar-refractivity contribution in [1.82, 2.24) is 10.2 Å². The Balaban J connectivity index is 1.50. The topological polar surface area (TPSA) is 88.1 Å². The minimum absolute atomic E-state index is 0.0645. The maximum atomic E-state index is 12.9. The minimum atomic E-state index is -0.963. The Morgan fingerprint density at radius 1 is 1.06 bits per heavy atom. The van der Waals surface area contributed by atoms with Gasteiger partial charge in [-0.1, -0.05) is 55.3 Å². The number of rotatable bonds is 13. The molecule has 2 aromatic rings. The molecule has 0 aliphatic heterocycles. The summed E-state index contributed by atoms with van der Waals surface area (Å²) in [5, 5.41) is 12.3. The lowest BCUT2D eigenvalue weighted by atomic mass is 10.1. The summed E-state index contributed by atoms with van der Waals surface area (Å²) < 4.78 is 11.2. The molecule has 1 atom stereocenters. The molecule has 1 unspecified atom stereocenters. The molecule has 0 bridgehead atoms. The molecule has 0 saturated heterocycles. The van der Waals surface area contributed by atoms with Crippen LogP contribution in [0.25, 0.3) is 0 Å². The second-order valence-corrected chi connectivity index (χ2v) is 8.72. The van der Waals surface area contributed by atoms with Gasteiger partial charge in [-0.25, -0.2) is 9.59 Å². The van der Waals surface area contributed by atoms with Crippen LogP contribution in [0.4, 0.5) is 4.79 Å². The van der Waals surface area contributed by atoms with Crippen LogP contribution in [0.2, 0.25) is 0 Å². The first-order valence-electron chi connectivity index (χ1n) is 12.2. The van der Waals surface area contributed by atoms with Gasteiger partial charge in [0.1, 0.15) is 12.4 Å². The van der Waals surface area contributed by atoms with Gasteiger partial charge in [0.25, 0.3) is 0 Å². The van der Waals surface area contributed by atoms with Crippen molar-refractivity contribution in [3.05, 3.63) is 65.7 Å². The van der Waals surface area contributed by atoms with Crippen molar-refractivity contribution < 1.29 is 24.2 Å². The summed E-state index contributed by atoms with van der Waals surface area (Å²) in [7, 11) is 0. The number of carbonyl (C=O) groups excluding carboxylic acids is 1. The van der Waals surface area contributed by atoms with E-state index in [4.69, 9.17) is 9.47 Å². The average molecular weight is 469 g/mol. The molecule has 7 heteroatoms. The molecule has 34 heavy (non-hydrogen) atoms. The largest absolute Gasteiger partial charge is 0.492 e. The first-order valence-corrected chi connectivity index (χ1v) is 12.2. The summed E-state index contributed by atoms with van der Waals surface area (Å²) in [5.74, 6) is 0.280. The molecular formula is C27H36N2O5.